The van der Waals surface area contributed by atoms with Crippen LogP contribution in [-0.2, 0) is 47.6 Å². The molecule has 7 aliphatic rings. The normalized spacial score (nSPS) is 48.7. The van der Waals surface area contributed by atoms with Crippen molar-refractivity contribution in [3.05, 3.63) is 11.6 Å². The lowest BCUT2D eigenvalue weighted by Gasteiger charge is -2.70. The summed E-state index contributed by atoms with van der Waals surface area (Å²) in [6.07, 6.45) is -9.21. The Balaban J connectivity index is 1.18. The maximum atomic E-state index is 15.0. The number of carbonyl (C=O) groups is 4. The molecule has 0 bridgehead atoms. The third kappa shape index (κ3) is 7.79. The first-order valence-corrected chi connectivity index (χ1v) is 23.7. The van der Waals surface area contributed by atoms with E-state index in [9.17, 15) is 49.8 Å². The van der Waals surface area contributed by atoms with E-state index in [4.69, 9.17) is 28.4 Å². The summed E-state index contributed by atoms with van der Waals surface area (Å²) in [5, 5.41) is 65.6. The fraction of sp³-hybridized carbons (Fsp3) is 0.875. The summed E-state index contributed by atoms with van der Waals surface area (Å²) < 4.78 is 35.1. The van der Waals surface area contributed by atoms with Crippen LogP contribution in [0, 0.1) is 50.2 Å². The highest BCUT2D eigenvalue weighted by Gasteiger charge is 2.71. The first-order chi connectivity index (χ1) is 29.8. The fourth-order valence-electron chi connectivity index (χ4n) is 14.0. The maximum Gasteiger partial charge on any atom is 0.338 e. The van der Waals surface area contributed by atoms with Gasteiger partial charge in [-0.2, -0.15) is 0 Å². The molecule has 2 heterocycles. The average molecular weight is 907 g/mol. The highest BCUT2D eigenvalue weighted by atomic mass is 16.8. The predicted octanol–water partition coefficient (Wildman–Crippen LogP) is 3.98. The molecule has 0 aromatic rings. The molecule has 6 N–H and O–H groups in total. The molecule has 16 heteroatoms. The molecule has 4 saturated carbocycles. The van der Waals surface area contributed by atoms with Gasteiger partial charge in [0, 0.05) is 5.92 Å². The Morgan fingerprint density at radius 2 is 1.36 bits per heavy atom. The van der Waals surface area contributed by atoms with E-state index in [0.29, 0.717) is 32.1 Å². The molecule has 7 rings (SSSR count). The SMILES string of the molecule is CCCCOC(=O)[C@H]1O[C@@H](OC2CC[C@@]3(C)C(CC[C@]4(C)C3C(=O)C=C3C5C[C@@](C)(C(=O)O)CC[C@]5(C)CCC34C)C2(C)C)[C@H](O[C@@H]2O[C@H](C(=O)OCC)[C@@H](O)[C@H](O)[C@H]2O)[C@@H](O)[C@@H]1O. The number of ketones is 1. The highest BCUT2D eigenvalue weighted by molar-refractivity contribution is 5.95. The number of aliphatic carboxylic acids is 1. The number of hydrogen-bond donors (Lipinski definition) is 6. The molecular weight excluding hydrogens is 833 g/mol. The summed E-state index contributed by atoms with van der Waals surface area (Å²) >= 11 is 0. The number of unbranched alkanes of at least 4 members (excludes halogenated alkanes) is 1. The number of fused-ring (bicyclic) bond motifs is 7. The Hall–Kier alpha value is -2.54. The van der Waals surface area contributed by atoms with Crippen molar-refractivity contribution < 1.29 is 78.2 Å². The summed E-state index contributed by atoms with van der Waals surface area (Å²) in [6.45, 7) is 18.6. The van der Waals surface area contributed by atoms with Crippen LogP contribution >= 0.6 is 0 Å². The van der Waals surface area contributed by atoms with Gasteiger partial charge >= 0.3 is 17.9 Å². The van der Waals surface area contributed by atoms with Crippen LogP contribution in [0.4, 0.5) is 0 Å². The van der Waals surface area contributed by atoms with E-state index >= 15 is 0 Å². The average Bonchev–Trinajstić information content (AvgIpc) is 3.22. The Kier molecular flexibility index (Phi) is 13.5. The predicted molar refractivity (Wildman–Crippen MR) is 227 cm³/mol. The van der Waals surface area contributed by atoms with Crippen LogP contribution in [0.5, 0.6) is 0 Å². The van der Waals surface area contributed by atoms with Gasteiger partial charge < -0.3 is 59.1 Å². The van der Waals surface area contributed by atoms with Crippen molar-refractivity contribution in [2.24, 2.45) is 50.2 Å². The minimum atomic E-state index is -1.94. The summed E-state index contributed by atoms with van der Waals surface area (Å²) in [5.41, 5.74) is -1.67. The molecular formula is C48H74O16. The number of allylic oxidation sites excluding steroid dienone is 2. The standard InChI is InChI=1S/C48H74O16/c1-10-12-21-60-39(56)35-31(52)32(53)36(64-40-33(54)29(50)30(51)34(62-40)38(55)59-11-2)41(63-35)61-28-14-15-46(7)27(43(28,3)4)13-16-48(9)37(46)26(49)22-24-25-23-45(6,42(57)58)18-17-44(25,5)19-20-47(24,48)8/h22,25,27-37,40-41,50-54H,10-21,23H2,1-9H3,(H,57,58)/t25?,27?,28?,29-,30-,31-,32-,33+,34-,35-,36+,37?,40-,41+,44+,45-,46-,47?,48+/m0/s1. The van der Waals surface area contributed by atoms with Crippen LogP contribution in [0.25, 0.3) is 0 Å². The number of hydrogen-bond acceptors (Lipinski definition) is 15. The van der Waals surface area contributed by atoms with Gasteiger partial charge in [0.1, 0.15) is 36.6 Å². The monoisotopic (exact) mass is 906 g/mol. The molecule has 0 amide bonds. The molecule has 0 radical (unpaired) electrons. The quantitative estimate of drug-likeness (QED) is 0.0976. The van der Waals surface area contributed by atoms with Crippen molar-refractivity contribution in [3.8, 4) is 0 Å². The Morgan fingerprint density at radius 1 is 0.734 bits per heavy atom. The molecule has 16 nitrogen and oxygen atoms in total. The maximum absolute atomic E-state index is 15.0. The molecule has 5 aliphatic carbocycles. The second-order valence-electron chi connectivity index (χ2n) is 22.2. The van der Waals surface area contributed by atoms with E-state index in [2.05, 4.69) is 41.5 Å². The number of carboxylic acid groups (broad SMARTS) is 1. The smallest absolute Gasteiger partial charge is 0.338 e. The molecule has 6 fully saturated rings. The summed E-state index contributed by atoms with van der Waals surface area (Å²) in [6, 6.07) is 0. The van der Waals surface area contributed by atoms with Gasteiger partial charge in [0.05, 0.1) is 24.7 Å². The van der Waals surface area contributed by atoms with Crippen LogP contribution in [0.1, 0.15) is 133 Å². The van der Waals surface area contributed by atoms with Crippen LogP contribution in [0.3, 0.4) is 0 Å². The number of ether oxygens (including phenoxy) is 6. The number of esters is 2. The van der Waals surface area contributed by atoms with E-state index < -0.39 is 107 Å². The van der Waals surface area contributed by atoms with Crippen molar-refractivity contribution in [3.63, 3.8) is 0 Å². The molecule has 362 valence electrons. The van der Waals surface area contributed by atoms with E-state index in [1.54, 1.807) is 0 Å². The Morgan fingerprint density at radius 3 is 2.00 bits per heavy atom. The summed E-state index contributed by atoms with van der Waals surface area (Å²) in [4.78, 5) is 53.6. The van der Waals surface area contributed by atoms with E-state index in [1.807, 2.05) is 19.9 Å². The molecule has 64 heavy (non-hydrogen) atoms. The van der Waals surface area contributed by atoms with Gasteiger partial charge in [-0.15, -0.1) is 0 Å². The summed E-state index contributed by atoms with van der Waals surface area (Å²) in [7, 11) is 0. The number of aliphatic hydroxyl groups excluding tert-OH is 5. The van der Waals surface area contributed by atoms with Gasteiger partial charge in [-0.25, -0.2) is 9.59 Å². The van der Waals surface area contributed by atoms with E-state index in [-0.39, 0.29) is 47.6 Å². The second kappa shape index (κ2) is 17.5. The third-order valence-corrected chi connectivity index (χ3v) is 18.2. The molecule has 5 unspecified atom stereocenters. The van der Waals surface area contributed by atoms with Crippen molar-refractivity contribution in [1.29, 1.82) is 0 Å². The lowest BCUT2D eigenvalue weighted by molar-refractivity contribution is -0.371. The van der Waals surface area contributed by atoms with Gasteiger partial charge in [0.2, 0.25) is 0 Å². The largest absolute Gasteiger partial charge is 0.481 e. The van der Waals surface area contributed by atoms with Crippen LogP contribution in [0.2, 0.25) is 0 Å². The van der Waals surface area contributed by atoms with Gasteiger partial charge in [0.25, 0.3) is 0 Å². The number of carboxylic acids is 1. The van der Waals surface area contributed by atoms with E-state index in [1.165, 1.54) is 6.92 Å². The highest BCUT2D eigenvalue weighted by Crippen LogP contribution is 2.75. The summed E-state index contributed by atoms with van der Waals surface area (Å²) in [5.74, 6) is -3.04. The van der Waals surface area contributed by atoms with Gasteiger partial charge in [-0.3, -0.25) is 9.59 Å². The lowest BCUT2D eigenvalue weighted by atomic mass is 9.33. The molecule has 19 atom stereocenters. The van der Waals surface area contributed by atoms with Crippen molar-refractivity contribution in [2.45, 2.75) is 200 Å². The van der Waals surface area contributed by atoms with Crippen LogP contribution in [0.15, 0.2) is 11.6 Å². The lowest BCUT2D eigenvalue weighted by Crippen LogP contribution is -2.68. The molecule has 0 aromatic heterocycles. The Bertz CT molecular complexity index is 1830. The molecule has 2 saturated heterocycles. The van der Waals surface area contributed by atoms with E-state index in [0.717, 1.165) is 44.1 Å². The fourth-order valence-corrected chi connectivity index (χ4v) is 14.0. The number of carbonyl (C=O) groups excluding carboxylic acids is 3. The van der Waals surface area contributed by atoms with Crippen molar-refractivity contribution in [1.82, 2.24) is 0 Å². The zero-order valence-corrected chi connectivity index (χ0v) is 39.1. The second-order valence-corrected chi connectivity index (χ2v) is 22.2. The number of aliphatic hydroxyl groups is 5. The van der Waals surface area contributed by atoms with Crippen molar-refractivity contribution in [2.75, 3.05) is 13.2 Å². The minimum Gasteiger partial charge on any atom is -0.481 e. The topological polar surface area (TPSA) is 245 Å². The van der Waals surface area contributed by atoms with Crippen molar-refractivity contribution >= 4 is 23.7 Å². The zero-order valence-electron chi connectivity index (χ0n) is 39.1. The van der Waals surface area contributed by atoms with Crippen LogP contribution in [-0.4, -0.2) is 135 Å². The van der Waals surface area contributed by atoms with Gasteiger partial charge in [-0.05, 0) is 123 Å². The molecule has 0 spiro atoms. The molecule has 2 aliphatic heterocycles. The first-order valence-electron chi connectivity index (χ1n) is 23.7. The first kappa shape index (κ1) is 49.4. The Labute approximate surface area is 376 Å². The minimum absolute atomic E-state index is 0.00860. The van der Waals surface area contributed by atoms with Gasteiger partial charge in [0.15, 0.2) is 30.6 Å². The zero-order chi connectivity index (χ0) is 47.1. The van der Waals surface area contributed by atoms with Crippen LogP contribution < -0.4 is 0 Å². The third-order valence-electron chi connectivity index (χ3n) is 18.2. The van der Waals surface area contributed by atoms with Gasteiger partial charge in [-0.1, -0.05) is 60.5 Å². The number of rotatable bonds is 11. The molecule has 0 aromatic carbocycles.